The highest BCUT2D eigenvalue weighted by molar-refractivity contribution is 7.99. The van der Waals surface area contributed by atoms with Crippen LogP contribution in [0.2, 0.25) is 0 Å². The Kier molecular flexibility index (Phi) is 3.40. The van der Waals surface area contributed by atoms with Crippen LogP contribution < -0.4 is 4.74 Å². The van der Waals surface area contributed by atoms with E-state index in [9.17, 15) is 0 Å². The van der Waals surface area contributed by atoms with Gasteiger partial charge in [0, 0.05) is 6.07 Å². The normalized spacial score (nSPS) is 10.4. The maximum atomic E-state index is 5.01. The molecule has 6 heteroatoms. The van der Waals surface area contributed by atoms with E-state index in [1.54, 1.807) is 31.4 Å². The molecule has 2 rings (SSSR count). The number of thioether (sulfide) groups is 1. The van der Waals surface area contributed by atoms with Crippen molar-refractivity contribution in [1.82, 2.24) is 19.7 Å². The lowest BCUT2D eigenvalue weighted by Gasteiger charge is -2.05. The zero-order chi connectivity index (χ0) is 11.4. The first-order chi connectivity index (χ1) is 7.85. The first-order valence-corrected chi connectivity index (χ1v) is 5.87. The molecular formula is C10H12N4OS. The summed E-state index contributed by atoms with van der Waals surface area (Å²) < 4.78 is 6.91. The molecule has 0 radical (unpaired) electrons. The summed E-state index contributed by atoms with van der Waals surface area (Å²) in [4.78, 5) is 4.15. The molecule has 0 atom stereocenters. The van der Waals surface area contributed by atoms with Crippen molar-refractivity contribution in [3.05, 3.63) is 24.7 Å². The summed E-state index contributed by atoms with van der Waals surface area (Å²) in [6.07, 6.45) is 3.42. The summed E-state index contributed by atoms with van der Waals surface area (Å²) >= 11 is 1.64. The van der Waals surface area contributed by atoms with Gasteiger partial charge in [0.2, 0.25) is 5.88 Å². The molecule has 0 spiro atoms. The predicted octanol–water partition coefficient (Wildman–Crippen LogP) is 1.78. The van der Waals surface area contributed by atoms with Crippen LogP contribution in [0.5, 0.6) is 5.88 Å². The van der Waals surface area contributed by atoms with Crippen LogP contribution in [-0.4, -0.2) is 32.6 Å². The topological polar surface area (TPSA) is 52.8 Å². The summed E-state index contributed by atoms with van der Waals surface area (Å²) in [7, 11) is 1.60. The number of rotatable bonds is 4. The quantitative estimate of drug-likeness (QED) is 0.757. The lowest BCUT2D eigenvalue weighted by Crippen LogP contribution is -1.96. The lowest BCUT2D eigenvalue weighted by molar-refractivity contribution is 0.397. The maximum Gasteiger partial charge on any atom is 0.213 e. The van der Waals surface area contributed by atoms with Gasteiger partial charge in [0.05, 0.1) is 19.0 Å². The van der Waals surface area contributed by atoms with E-state index in [2.05, 4.69) is 22.1 Å². The molecule has 0 N–H and O–H groups in total. The molecule has 0 aromatic carbocycles. The van der Waals surface area contributed by atoms with E-state index in [1.165, 1.54) is 0 Å². The molecule has 2 aromatic heterocycles. The van der Waals surface area contributed by atoms with Crippen LogP contribution >= 0.6 is 11.8 Å². The average molecular weight is 236 g/mol. The SMILES string of the molecule is CCSc1nncn1-c1ccc(OC)nc1. The summed E-state index contributed by atoms with van der Waals surface area (Å²) in [6.45, 7) is 2.08. The van der Waals surface area contributed by atoms with Gasteiger partial charge in [-0.05, 0) is 11.8 Å². The molecule has 0 unspecified atom stereocenters. The highest BCUT2D eigenvalue weighted by atomic mass is 32.2. The monoisotopic (exact) mass is 236 g/mol. The minimum absolute atomic E-state index is 0.599. The third kappa shape index (κ3) is 2.16. The summed E-state index contributed by atoms with van der Waals surface area (Å²) in [5, 5.41) is 8.80. The molecular weight excluding hydrogens is 224 g/mol. The van der Waals surface area contributed by atoms with Crippen LogP contribution in [0.25, 0.3) is 5.69 Å². The third-order valence-corrected chi connectivity index (χ3v) is 2.82. The van der Waals surface area contributed by atoms with Crippen molar-refractivity contribution in [3.8, 4) is 11.6 Å². The van der Waals surface area contributed by atoms with Crippen molar-refractivity contribution in [1.29, 1.82) is 0 Å². The molecule has 0 aliphatic rings. The van der Waals surface area contributed by atoms with Crippen LogP contribution in [0, 0.1) is 0 Å². The Bertz CT molecular complexity index is 454. The smallest absolute Gasteiger partial charge is 0.213 e. The Labute approximate surface area is 97.9 Å². The Balaban J connectivity index is 2.31. The van der Waals surface area contributed by atoms with Crippen LogP contribution in [0.1, 0.15) is 6.92 Å². The van der Waals surface area contributed by atoms with E-state index in [0.29, 0.717) is 5.88 Å². The van der Waals surface area contributed by atoms with Crippen molar-refractivity contribution in [2.75, 3.05) is 12.9 Å². The zero-order valence-corrected chi connectivity index (χ0v) is 9.94. The molecule has 0 aliphatic heterocycles. The highest BCUT2D eigenvalue weighted by Gasteiger charge is 2.06. The molecule has 16 heavy (non-hydrogen) atoms. The second-order valence-corrected chi connectivity index (χ2v) is 4.21. The van der Waals surface area contributed by atoms with Gasteiger partial charge in [-0.25, -0.2) is 4.98 Å². The fourth-order valence-corrected chi connectivity index (χ4v) is 1.92. The molecule has 0 saturated heterocycles. The van der Waals surface area contributed by atoms with E-state index < -0.39 is 0 Å². The van der Waals surface area contributed by atoms with Crippen molar-refractivity contribution >= 4 is 11.8 Å². The number of pyridine rings is 1. The molecule has 0 fully saturated rings. The second-order valence-electron chi connectivity index (χ2n) is 2.98. The molecule has 84 valence electrons. The van der Waals surface area contributed by atoms with E-state index in [1.807, 2.05) is 16.7 Å². The van der Waals surface area contributed by atoms with Gasteiger partial charge >= 0.3 is 0 Å². The van der Waals surface area contributed by atoms with Gasteiger partial charge in [0.25, 0.3) is 0 Å². The average Bonchev–Trinajstić information content (AvgIpc) is 2.78. The van der Waals surface area contributed by atoms with Gasteiger partial charge in [-0.2, -0.15) is 0 Å². The van der Waals surface area contributed by atoms with Gasteiger partial charge in [0.15, 0.2) is 5.16 Å². The van der Waals surface area contributed by atoms with Crippen molar-refractivity contribution < 1.29 is 4.74 Å². The molecule has 2 aromatic rings. The van der Waals surface area contributed by atoms with E-state index in [-0.39, 0.29) is 0 Å². The molecule has 0 amide bonds. The Morgan fingerprint density at radius 2 is 2.31 bits per heavy atom. The fourth-order valence-electron chi connectivity index (χ4n) is 1.26. The Morgan fingerprint density at radius 3 is 2.94 bits per heavy atom. The van der Waals surface area contributed by atoms with Crippen LogP contribution in [-0.2, 0) is 0 Å². The van der Waals surface area contributed by atoms with Gasteiger partial charge in [-0.1, -0.05) is 18.7 Å². The fraction of sp³-hybridized carbons (Fsp3) is 0.300. The summed E-state index contributed by atoms with van der Waals surface area (Å²) in [5.41, 5.74) is 0.932. The molecule has 5 nitrogen and oxygen atoms in total. The predicted molar refractivity (Wildman–Crippen MR) is 62.1 cm³/mol. The van der Waals surface area contributed by atoms with Crippen molar-refractivity contribution in [2.45, 2.75) is 12.1 Å². The number of aromatic nitrogens is 4. The Morgan fingerprint density at radius 1 is 1.44 bits per heavy atom. The number of hydrogen-bond acceptors (Lipinski definition) is 5. The maximum absolute atomic E-state index is 5.01. The van der Waals surface area contributed by atoms with Gasteiger partial charge < -0.3 is 4.74 Å². The first kappa shape index (κ1) is 10.9. The highest BCUT2D eigenvalue weighted by Crippen LogP contribution is 2.19. The number of ether oxygens (including phenoxy) is 1. The van der Waals surface area contributed by atoms with Crippen molar-refractivity contribution in [3.63, 3.8) is 0 Å². The number of methoxy groups -OCH3 is 1. The molecule has 2 heterocycles. The second kappa shape index (κ2) is 4.98. The zero-order valence-electron chi connectivity index (χ0n) is 9.12. The number of nitrogens with zero attached hydrogens (tertiary/aromatic N) is 4. The largest absolute Gasteiger partial charge is 0.481 e. The van der Waals surface area contributed by atoms with Gasteiger partial charge in [-0.3, -0.25) is 4.57 Å². The number of hydrogen-bond donors (Lipinski definition) is 0. The third-order valence-electron chi connectivity index (χ3n) is 2.00. The van der Waals surface area contributed by atoms with E-state index >= 15 is 0 Å². The van der Waals surface area contributed by atoms with Crippen LogP contribution in [0.4, 0.5) is 0 Å². The minimum atomic E-state index is 0.599. The van der Waals surface area contributed by atoms with Crippen LogP contribution in [0.3, 0.4) is 0 Å². The first-order valence-electron chi connectivity index (χ1n) is 4.88. The van der Waals surface area contributed by atoms with E-state index in [4.69, 9.17) is 4.74 Å². The molecule has 0 saturated carbocycles. The van der Waals surface area contributed by atoms with Gasteiger partial charge in [-0.15, -0.1) is 10.2 Å². The lowest BCUT2D eigenvalue weighted by atomic mass is 10.4. The summed E-state index contributed by atoms with van der Waals surface area (Å²) in [6, 6.07) is 3.74. The summed E-state index contributed by atoms with van der Waals surface area (Å²) in [5.74, 6) is 1.56. The molecule has 0 aliphatic carbocycles. The van der Waals surface area contributed by atoms with E-state index in [0.717, 1.165) is 16.6 Å². The van der Waals surface area contributed by atoms with Crippen molar-refractivity contribution in [2.24, 2.45) is 0 Å². The molecule has 0 bridgehead atoms. The van der Waals surface area contributed by atoms with Crippen LogP contribution in [0.15, 0.2) is 29.8 Å². The Hall–Kier alpha value is -1.56. The van der Waals surface area contributed by atoms with Gasteiger partial charge in [0.1, 0.15) is 6.33 Å². The minimum Gasteiger partial charge on any atom is -0.481 e. The standard InChI is InChI=1S/C10H12N4OS/c1-3-16-10-13-12-7-14(10)8-4-5-9(15-2)11-6-8/h4-7H,3H2,1-2H3.